The van der Waals surface area contributed by atoms with E-state index in [0.717, 1.165) is 12.0 Å². The number of carbonyl (C=O) groups is 2. The minimum Gasteiger partial charge on any atom is -0.388 e. The van der Waals surface area contributed by atoms with E-state index >= 15 is 0 Å². The highest BCUT2D eigenvalue weighted by molar-refractivity contribution is 5.89. The Balaban J connectivity index is 2.02. The average molecular weight is 290 g/mol. The van der Waals surface area contributed by atoms with Gasteiger partial charge in [-0.3, -0.25) is 9.59 Å². The molecule has 2 unspecified atom stereocenters. The number of aliphatic hydroxyl groups excluding tert-OH is 1. The first-order valence-electron chi connectivity index (χ1n) is 7.43. The van der Waals surface area contributed by atoms with E-state index in [2.05, 4.69) is 5.32 Å². The molecule has 2 amide bonds. The summed E-state index contributed by atoms with van der Waals surface area (Å²) in [4.78, 5) is 25.9. The van der Waals surface area contributed by atoms with Gasteiger partial charge in [-0.2, -0.15) is 0 Å². The van der Waals surface area contributed by atoms with Crippen LogP contribution in [0.15, 0.2) is 30.3 Å². The van der Waals surface area contributed by atoms with Gasteiger partial charge in [-0.15, -0.1) is 0 Å². The van der Waals surface area contributed by atoms with E-state index in [9.17, 15) is 14.7 Å². The summed E-state index contributed by atoms with van der Waals surface area (Å²) in [5.41, 5.74) is 0.722. The van der Waals surface area contributed by atoms with Gasteiger partial charge in [-0.25, -0.2) is 0 Å². The maximum atomic E-state index is 12.4. The van der Waals surface area contributed by atoms with Crippen LogP contribution in [0.3, 0.4) is 0 Å². The number of amides is 2. The van der Waals surface area contributed by atoms with Crippen molar-refractivity contribution in [1.82, 2.24) is 10.2 Å². The first kappa shape index (κ1) is 15.5. The number of rotatable bonds is 5. The van der Waals surface area contributed by atoms with Crippen molar-refractivity contribution in [2.24, 2.45) is 0 Å². The maximum absolute atomic E-state index is 12.4. The molecule has 114 valence electrons. The number of benzene rings is 1. The van der Waals surface area contributed by atoms with Crippen molar-refractivity contribution in [3.63, 3.8) is 0 Å². The zero-order valence-corrected chi connectivity index (χ0v) is 12.3. The van der Waals surface area contributed by atoms with Crippen LogP contribution in [-0.2, 0) is 9.59 Å². The number of nitrogens with one attached hydrogen (secondary N) is 1. The quantitative estimate of drug-likeness (QED) is 0.857. The Morgan fingerprint density at radius 3 is 2.81 bits per heavy atom. The minimum absolute atomic E-state index is 0.0114. The lowest BCUT2D eigenvalue weighted by Crippen LogP contribution is -2.57. The zero-order chi connectivity index (χ0) is 15.2. The molecule has 5 nitrogen and oxygen atoms in total. The lowest BCUT2D eigenvalue weighted by molar-refractivity contribution is -0.145. The molecular formula is C16H22N2O3. The van der Waals surface area contributed by atoms with Crippen molar-refractivity contribution in [2.75, 3.05) is 13.1 Å². The molecule has 1 aliphatic heterocycles. The molecule has 2 rings (SSSR count). The Hall–Kier alpha value is -1.88. The van der Waals surface area contributed by atoms with Gasteiger partial charge in [-0.05, 0) is 12.0 Å². The Labute approximate surface area is 125 Å². The van der Waals surface area contributed by atoms with E-state index in [0.29, 0.717) is 19.5 Å². The Morgan fingerprint density at radius 2 is 2.14 bits per heavy atom. The van der Waals surface area contributed by atoms with Gasteiger partial charge in [-0.1, -0.05) is 43.7 Å². The van der Waals surface area contributed by atoms with Gasteiger partial charge in [0.2, 0.25) is 11.8 Å². The third kappa shape index (κ3) is 3.82. The molecule has 1 aromatic rings. The van der Waals surface area contributed by atoms with Crippen molar-refractivity contribution < 1.29 is 14.7 Å². The number of aliphatic hydroxyl groups is 1. The summed E-state index contributed by atoms with van der Waals surface area (Å²) in [6, 6.07) is 8.72. The lowest BCUT2D eigenvalue weighted by atomic mass is 10.0. The first-order chi connectivity index (χ1) is 10.1. The monoisotopic (exact) mass is 290 g/mol. The molecule has 1 aliphatic rings. The average Bonchev–Trinajstić information content (AvgIpc) is 2.50. The van der Waals surface area contributed by atoms with Crippen LogP contribution in [0.1, 0.15) is 37.9 Å². The minimum atomic E-state index is -0.828. The number of carbonyl (C=O) groups excluding carboxylic acids is 2. The van der Waals surface area contributed by atoms with Crippen LogP contribution in [-0.4, -0.2) is 41.0 Å². The second kappa shape index (κ2) is 7.22. The van der Waals surface area contributed by atoms with E-state index in [1.54, 1.807) is 17.0 Å². The van der Waals surface area contributed by atoms with Crippen LogP contribution in [0.2, 0.25) is 0 Å². The highest BCUT2D eigenvalue weighted by Gasteiger charge is 2.32. The molecule has 0 aromatic heterocycles. The largest absolute Gasteiger partial charge is 0.388 e. The first-order valence-corrected chi connectivity index (χ1v) is 7.43. The zero-order valence-electron chi connectivity index (χ0n) is 12.3. The van der Waals surface area contributed by atoms with Crippen LogP contribution in [0.25, 0.3) is 0 Å². The van der Waals surface area contributed by atoms with Gasteiger partial charge >= 0.3 is 0 Å². The van der Waals surface area contributed by atoms with Crippen LogP contribution in [0, 0.1) is 0 Å². The molecule has 0 aliphatic carbocycles. The van der Waals surface area contributed by atoms with E-state index in [4.69, 9.17) is 0 Å². The molecule has 0 radical (unpaired) electrons. The fraction of sp³-hybridized carbons (Fsp3) is 0.500. The summed E-state index contributed by atoms with van der Waals surface area (Å²) in [5, 5.41) is 12.9. The summed E-state index contributed by atoms with van der Waals surface area (Å²) >= 11 is 0. The molecule has 2 N–H and O–H groups in total. The molecule has 5 heteroatoms. The molecule has 0 spiro atoms. The van der Waals surface area contributed by atoms with Gasteiger partial charge in [0, 0.05) is 13.1 Å². The number of hydrogen-bond acceptors (Lipinski definition) is 3. The Kier molecular flexibility index (Phi) is 5.33. The van der Waals surface area contributed by atoms with E-state index < -0.39 is 12.1 Å². The second-order valence-corrected chi connectivity index (χ2v) is 5.31. The van der Waals surface area contributed by atoms with E-state index in [1.165, 1.54) is 0 Å². The SMILES string of the molecule is CCCC1C(=O)NCCN1C(=O)CC(O)c1ccccc1. The summed E-state index contributed by atoms with van der Waals surface area (Å²) in [7, 11) is 0. The predicted octanol–water partition coefficient (Wildman–Crippen LogP) is 1.24. The molecule has 1 heterocycles. The van der Waals surface area contributed by atoms with Crippen molar-refractivity contribution in [1.29, 1.82) is 0 Å². The summed E-state index contributed by atoms with van der Waals surface area (Å²) in [6.07, 6.45) is 0.672. The summed E-state index contributed by atoms with van der Waals surface area (Å²) in [5.74, 6) is -0.259. The fourth-order valence-corrected chi connectivity index (χ4v) is 2.65. The van der Waals surface area contributed by atoms with Crippen LogP contribution < -0.4 is 5.32 Å². The molecule has 0 bridgehead atoms. The van der Waals surface area contributed by atoms with E-state index in [1.807, 2.05) is 25.1 Å². The number of piperazine rings is 1. The van der Waals surface area contributed by atoms with Gasteiger partial charge in [0.25, 0.3) is 0 Å². The van der Waals surface area contributed by atoms with Gasteiger partial charge in [0.05, 0.1) is 12.5 Å². The van der Waals surface area contributed by atoms with Crippen molar-refractivity contribution in [3.8, 4) is 0 Å². The topological polar surface area (TPSA) is 69.6 Å². The predicted molar refractivity (Wildman–Crippen MR) is 79.4 cm³/mol. The van der Waals surface area contributed by atoms with Gasteiger partial charge in [0.15, 0.2) is 0 Å². The van der Waals surface area contributed by atoms with Crippen molar-refractivity contribution in [2.45, 2.75) is 38.3 Å². The molecular weight excluding hydrogens is 268 g/mol. The maximum Gasteiger partial charge on any atom is 0.242 e. The Morgan fingerprint density at radius 1 is 1.43 bits per heavy atom. The molecule has 1 fully saturated rings. The van der Waals surface area contributed by atoms with Gasteiger partial charge in [0.1, 0.15) is 6.04 Å². The van der Waals surface area contributed by atoms with Crippen LogP contribution >= 0.6 is 0 Å². The number of hydrogen-bond donors (Lipinski definition) is 2. The van der Waals surface area contributed by atoms with Crippen molar-refractivity contribution >= 4 is 11.8 Å². The summed E-state index contributed by atoms with van der Waals surface area (Å²) < 4.78 is 0. The normalized spacial score (nSPS) is 20.0. The molecule has 2 atom stereocenters. The lowest BCUT2D eigenvalue weighted by Gasteiger charge is -2.35. The van der Waals surface area contributed by atoms with Crippen LogP contribution in [0.5, 0.6) is 0 Å². The molecule has 1 aromatic carbocycles. The fourth-order valence-electron chi connectivity index (χ4n) is 2.65. The third-order valence-electron chi connectivity index (χ3n) is 3.77. The second-order valence-electron chi connectivity index (χ2n) is 5.31. The van der Waals surface area contributed by atoms with Crippen LogP contribution in [0.4, 0.5) is 0 Å². The number of nitrogens with zero attached hydrogens (tertiary/aromatic N) is 1. The molecule has 21 heavy (non-hydrogen) atoms. The van der Waals surface area contributed by atoms with E-state index in [-0.39, 0.29) is 18.2 Å². The standard InChI is InChI=1S/C16H22N2O3/c1-2-6-13-16(21)17-9-10-18(13)15(20)11-14(19)12-7-4-3-5-8-12/h3-5,7-8,13-14,19H,2,6,9-11H2,1H3,(H,17,21). The molecule has 1 saturated heterocycles. The highest BCUT2D eigenvalue weighted by atomic mass is 16.3. The third-order valence-corrected chi connectivity index (χ3v) is 3.77. The molecule has 0 saturated carbocycles. The Bertz CT molecular complexity index is 490. The van der Waals surface area contributed by atoms with Gasteiger partial charge < -0.3 is 15.3 Å². The smallest absolute Gasteiger partial charge is 0.242 e. The highest BCUT2D eigenvalue weighted by Crippen LogP contribution is 2.20. The van der Waals surface area contributed by atoms with Crippen molar-refractivity contribution in [3.05, 3.63) is 35.9 Å². The summed E-state index contributed by atoms with van der Waals surface area (Å²) in [6.45, 7) is 2.98.